The molecule has 0 amide bonds. The van der Waals surface area contributed by atoms with Crippen molar-refractivity contribution in [2.75, 3.05) is 18.9 Å². The Balaban J connectivity index is 1.52. The lowest BCUT2D eigenvalue weighted by molar-refractivity contribution is -0.160. The smallest absolute Gasteiger partial charge is 0.314 e. The first kappa shape index (κ1) is 25.5. The van der Waals surface area contributed by atoms with E-state index in [2.05, 4.69) is 10.1 Å². The molecule has 9 heteroatoms. The van der Waals surface area contributed by atoms with Crippen molar-refractivity contribution in [2.24, 2.45) is 5.41 Å². The highest BCUT2D eigenvalue weighted by Crippen LogP contribution is 2.45. The molecule has 4 aromatic rings. The zero-order chi connectivity index (χ0) is 26.9. The molecule has 0 unspecified atom stereocenters. The third-order valence-corrected chi connectivity index (χ3v) is 7.55. The van der Waals surface area contributed by atoms with Crippen LogP contribution in [0.2, 0.25) is 0 Å². The van der Waals surface area contributed by atoms with E-state index in [-0.39, 0.29) is 36.7 Å². The number of nitrogens with zero attached hydrogens (tertiary/aromatic N) is 4. The summed E-state index contributed by atoms with van der Waals surface area (Å²) in [5.74, 6) is -0.430. The van der Waals surface area contributed by atoms with Crippen LogP contribution in [-0.4, -0.2) is 49.7 Å². The monoisotopic (exact) mass is 513 g/mol. The van der Waals surface area contributed by atoms with E-state index in [1.165, 1.54) is 11.4 Å². The van der Waals surface area contributed by atoms with Crippen molar-refractivity contribution >= 4 is 23.2 Å². The zero-order valence-electron chi connectivity index (χ0n) is 21.6. The number of carbonyl (C=O) groups is 2. The molecule has 1 saturated carbocycles. The van der Waals surface area contributed by atoms with Crippen LogP contribution in [0.15, 0.2) is 54.9 Å². The Labute approximate surface area is 220 Å². The second kappa shape index (κ2) is 10.3. The summed E-state index contributed by atoms with van der Waals surface area (Å²) in [5.41, 5.74) is 10.5. The van der Waals surface area contributed by atoms with Crippen LogP contribution in [-0.2, 0) is 9.53 Å². The second-order valence-corrected chi connectivity index (χ2v) is 9.84. The number of hydrogen-bond donors (Lipinski definition) is 2. The lowest BCUT2D eigenvalue weighted by Gasteiger charge is -2.36. The Morgan fingerprint density at radius 3 is 2.45 bits per heavy atom. The molecule has 38 heavy (non-hydrogen) atoms. The molecule has 3 N–H and O–H groups in total. The van der Waals surface area contributed by atoms with Crippen molar-refractivity contribution in [2.45, 2.75) is 45.4 Å². The van der Waals surface area contributed by atoms with Crippen LogP contribution in [0.3, 0.4) is 0 Å². The number of ether oxygens (including phenoxy) is 1. The van der Waals surface area contributed by atoms with Crippen molar-refractivity contribution in [1.29, 1.82) is 0 Å². The van der Waals surface area contributed by atoms with E-state index in [1.807, 2.05) is 42.5 Å². The maximum atomic E-state index is 12.7. The van der Waals surface area contributed by atoms with Crippen LogP contribution >= 0.6 is 0 Å². The Bertz CT molecular complexity index is 1470. The van der Waals surface area contributed by atoms with Crippen molar-refractivity contribution in [1.82, 2.24) is 19.6 Å². The molecule has 1 aliphatic rings. The Kier molecular flexibility index (Phi) is 6.94. The molecular weight excluding hydrogens is 482 g/mol. The summed E-state index contributed by atoms with van der Waals surface area (Å²) in [4.78, 5) is 34.9. The molecule has 1 aromatic carbocycles. The van der Waals surface area contributed by atoms with Gasteiger partial charge in [0.1, 0.15) is 5.82 Å². The van der Waals surface area contributed by atoms with Gasteiger partial charge >= 0.3 is 5.97 Å². The number of fused-ring (bicyclic) bond motifs is 1. The highest BCUT2D eigenvalue weighted by molar-refractivity contribution is 6.00. The molecule has 5 rings (SSSR count). The Morgan fingerprint density at radius 2 is 1.84 bits per heavy atom. The van der Waals surface area contributed by atoms with Gasteiger partial charge in [0.05, 0.1) is 41.8 Å². The number of Topliss-reactive ketones (excluding diaryl/α,β-unsaturated/α-hetero) is 1. The number of rotatable bonds is 7. The van der Waals surface area contributed by atoms with E-state index >= 15 is 0 Å². The fourth-order valence-corrected chi connectivity index (χ4v) is 5.38. The highest BCUT2D eigenvalue weighted by Gasteiger charge is 2.44. The molecule has 0 bridgehead atoms. The van der Waals surface area contributed by atoms with Crippen LogP contribution in [0.5, 0.6) is 0 Å². The lowest BCUT2D eigenvalue weighted by atomic mass is 9.69. The minimum absolute atomic E-state index is 0.100. The predicted octanol–water partition coefficient (Wildman–Crippen LogP) is 4.44. The first-order chi connectivity index (χ1) is 18.4. The van der Waals surface area contributed by atoms with E-state index < -0.39 is 5.41 Å². The topological polar surface area (TPSA) is 133 Å². The van der Waals surface area contributed by atoms with Crippen LogP contribution in [0.25, 0.3) is 28.0 Å². The minimum atomic E-state index is -0.924. The molecule has 0 spiro atoms. The van der Waals surface area contributed by atoms with Gasteiger partial charge < -0.3 is 15.6 Å². The summed E-state index contributed by atoms with van der Waals surface area (Å²) < 4.78 is 6.74. The van der Waals surface area contributed by atoms with E-state index in [9.17, 15) is 14.7 Å². The fraction of sp³-hybridized carbons (Fsp3) is 0.345. The number of pyridine rings is 1. The molecule has 9 nitrogen and oxygen atoms in total. The number of ketones is 1. The molecule has 3 aromatic heterocycles. The summed E-state index contributed by atoms with van der Waals surface area (Å²) >= 11 is 0. The zero-order valence-corrected chi connectivity index (χ0v) is 21.6. The van der Waals surface area contributed by atoms with Gasteiger partial charge in [-0.15, -0.1) is 0 Å². The number of anilines is 1. The van der Waals surface area contributed by atoms with Crippen molar-refractivity contribution < 1.29 is 19.4 Å². The molecule has 0 saturated heterocycles. The summed E-state index contributed by atoms with van der Waals surface area (Å²) in [6.07, 6.45) is 5.48. The van der Waals surface area contributed by atoms with Gasteiger partial charge in [-0.2, -0.15) is 9.61 Å². The standard InChI is InChI=1S/C29H31N5O4/c1-3-38-28(37)29(17-35)13-11-20(12-14-29)25-24(18(2)36)26(30)34-27(33-25)22(16-32-34)21-9-10-23(31-15-21)19-7-5-4-6-8-19/h4-10,15-16,20,35H,3,11-14,17,30H2,1-2H3. The predicted molar refractivity (Wildman–Crippen MR) is 143 cm³/mol. The van der Waals surface area contributed by atoms with Gasteiger partial charge in [-0.3, -0.25) is 14.6 Å². The number of esters is 1. The number of aliphatic hydroxyl groups excluding tert-OH is 1. The summed E-state index contributed by atoms with van der Waals surface area (Å²) in [5, 5.41) is 14.5. The largest absolute Gasteiger partial charge is 0.465 e. The molecular formula is C29H31N5O4. The van der Waals surface area contributed by atoms with Gasteiger partial charge in [0.25, 0.3) is 0 Å². The quantitative estimate of drug-likeness (QED) is 0.274. The molecule has 1 aliphatic carbocycles. The molecule has 0 aliphatic heterocycles. The molecule has 196 valence electrons. The van der Waals surface area contributed by atoms with Crippen molar-refractivity contribution in [3.05, 3.63) is 66.1 Å². The summed E-state index contributed by atoms with van der Waals surface area (Å²) in [7, 11) is 0. The highest BCUT2D eigenvalue weighted by atomic mass is 16.5. The molecule has 0 radical (unpaired) electrons. The minimum Gasteiger partial charge on any atom is -0.465 e. The third kappa shape index (κ3) is 4.43. The van der Waals surface area contributed by atoms with Crippen LogP contribution in [0, 0.1) is 5.41 Å². The average Bonchev–Trinajstić information content (AvgIpc) is 3.38. The maximum absolute atomic E-state index is 12.7. The molecule has 1 fully saturated rings. The van der Waals surface area contributed by atoms with E-state index in [1.54, 1.807) is 19.3 Å². The fourth-order valence-electron chi connectivity index (χ4n) is 5.38. The number of aliphatic hydroxyl groups is 1. The third-order valence-electron chi connectivity index (χ3n) is 7.55. The maximum Gasteiger partial charge on any atom is 0.314 e. The van der Waals surface area contributed by atoms with Crippen LogP contribution in [0.1, 0.15) is 61.5 Å². The number of nitrogen functional groups attached to an aromatic ring is 1. The molecule has 3 heterocycles. The van der Waals surface area contributed by atoms with Gasteiger partial charge in [0.2, 0.25) is 0 Å². The normalized spacial score (nSPS) is 19.4. The van der Waals surface area contributed by atoms with E-state index in [4.69, 9.17) is 15.5 Å². The molecule has 0 atom stereocenters. The second-order valence-electron chi connectivity index (χ2n) is 9.84. The average molecular weight is 514 g/mol. The number of benzene rings is 1. The summed E-state index contributed by atoms with van der Waals surface area (Å²) in [6.45, 7) is 3.21. The van der Waals surface area contributed by atoms with E-state index in [0.717, 1.165) is 22.4 Å². The van der Waals surface area contributed by atoms with Gasteiger partial charge in [0, 0.05) is 28.8 Å². The SMILES string of the molecule is CCOC(=O)C1(CO)CCC(c2nc3c(-c4ccc(-c5ccccc5)nc4)cnn3c(N)c2C(C)=O)CC1. The van der Waals surface area contributed by atoms with E-state index in [0.29, 0.717) is 42.6 Å². The number of nitrogens with two attached hydrogens (primary N) is 1. The van der Waals surface area contributed by atoms with Gasteiger partial charge in [-0.25, -0.2) is 4.98 Å². The Hall–Kier alpha value is -4.11. The summed E-state index contributed by atoms with van der Waals surface area (Å²) in [6, 6.07) is 13.8. The van der Waals surface area contributed by atoms with Gasteiger partial charge in [-0.05, 0) is 45.6 Å². The van der Waals surface area contributed by atoms with Crippen molar-refractivity contribution in [3.8, 4) is 22.4 Å². The van der Waals surface area contributed by atoms with Gasteiger partial charge in [0.15, 0.2) is 11.4 Å². The lowest BCUT2D eigenvalue weighted by Crippen LogP contribution is -2.40. The first-order valence-electron chi connectivity index (χ1n) is 12.9. The van der Waals surface area contributed by atoms with Crippen LogP contribution in [0.4, 0.5) is 5.82 Å². The number of carbonyl (C=O) groups excluding carboxylic acids is 2. The number of hydrogen-bond acceptors (Lipinski definition) is 8. The van der Waals surface area contributed by atoms with Crippen LogP contribution < -0.4 is 5.73 Å². The first-order valence-corrected chi connectivity index (χ1v) is 12.9. The van der Waals surface area contributed by atoms with Crippen molar-refractivity contribution in [3.63, 3.8) is 0 Å². The Morgan fingerprint density at radius 1 is 1.11 bits per heavy atom. The number of aromatic nitrogens is 4. The van der Waals surface area contributed by atoms with Gasteiger partial charge in [-0.1, -0.05) is 36.4 Å².